The van der Waals surface area contributed by atoms with Crippen molar-refractivity contribution < 1.29 is 9.59 Å². The highest BCUT2D eigenvalue weighted by molar-refractivity contribution is 9.10. The summed E-state index contributed by atoms with van der Waals surface area (Å²) in [6.07, 6.45) is 0. The molecule has 4 nitrogen and oxygen atoms in total. The maximum Gasteiger partial charge on any atom is 0.244 e. The Kier molecular flexibility index (Phi) is 5.55. The Morgan fingerprint density at radius 3 is 2.39 bits per heavy atom. The Balaban J connectivity index is 2.16. The Hall–Kier alpha value is -2.14. The van der Waals surface area contributed by atoms with Gasteiger partial charge >= 0.3 is 0 Å². The predicted molar refractivity (Wildman–Crippen MR) is 96.7 cm³/mol. The van der Waals surface area contributed by atoms with Gasteiger partial charge in [0.2, 0.25) is 11.8 Å². The van der Waals surface area contributed by atoms with Crippen LogP contribution in [0.4, 0.5) is 11.4 Å². The molecule has 0 bridgehead atoms. The van der Waals surface area contributed by atoms with Crippen LogP contribution in [0.2, 0.25) is 0 Å². The van der Waals surface area contributed by atoms with E-state index < -0.39 is 0 Å². The molecule has 2 amide bonds. The lowest BCUT2D eigenvalue weighted by atomic mass is 10.2. The minimum Gasteiger partial charge on any atom is -0.325 e. The molecule has 0 spiro atoms. The highest BCUT2D eigenvalue weighted by Crippen LogP contribution is 2.27. The molecule has 0 radical (unpaired) electrons. The van der Waals surface area contributed by atoms with Crippen LogP contribution in [0, 0.1) is 13.8 Å². The first-order valence-electron chi connectivity index (χ1n) is 7.27. The molecule has 0 aliphatic rings. The fraction of sp³-hybridized carbons (Fsp3) is 0.222. The highest BCUT2D eigenvalue weighted by Gasteiger charge is 2.18. The van der Waals surface area contributed by atoms with Crippen molar-refractivity contribution in [3.05, 3.63) is 58.1 Å². The largest absolute Gasteiger partial charge is 0.325 e. The summed E-state index contributed by atoms with van der Waals surface area (Å²) in [7, 11) is 0. The van der Waals surface area contributed by atoms with E-state index in [2.05, 4.69) is 21.2 Å². The third-order valence-corrected chi connectivity index (χ3v) is 4.01. The number of carbonyl (C=O) groups is 2. The summed E-state index contributed by atoms with van der Waals surface area (Å²) in [5, 5.41) is 2.82. The number of carbonyl (C=O) groups excluding carboxylic acids is 2. The number of nitrogens with one attached hydrogen (secondary N) is 1. The van der Waals surface area contributed by atoms with Crippen LogP contribution in [0.1, 0.15) is 18.1 Å². The molecular formula is C18H19BrN2O2. The zero-order valence-corrected chi connectivity index (χ0v) is 15.0. The SMILES string of the molecule is CC(=O)N(CC(=O)Nc1cccc(C)c1)c1ccc(C)cc1Br. The van der Waals surface area contributed by atoms with Gasteiger partial charge in [0.15, 0.2) is 0 Å². The van der Waals surface area contributed by atoms with Gasteiger partial charge in [0.1, 0.15) is 6.54 Å². The second kappa shape index (κ2) is 7.42. The van der Waals surface area contributed by atoms with Gasteiger partial charge in [-0.15, -0.1) is 0 Å². The molecule has 5 heteroatoms. The first kappa shape index (κ1) is 17.2. The number of anilines is 2. The van der Waals surface area contributed by atoms with E-state index in [1.807, 2.05) is 56.3 Å². The summed E-state index contributed by atoms with van der Waals surface area (Å²) < 4.78 is 0.788. The van der Waals surface area contributed by atoms with E-state index in [9.17, 15) is 9.59 Å². The average molecular weight is 375 g/mol. The molecule has 2 aromatic carbocycles. The van der Waals surface area contributed by atoms with Crippen LogP contribution in [0.15, 0.2) is 46.9 Å². The lowest BCUT2D eigenvalue weighted by Gasteiger charge is -2.22. The molecule has 1 N–H and O–H groups in total. The van der Waals surface area contributed by atoms with E-state index in [4.69, 9.17) is 0 Å². The predicted octanol–water partition coefficient (Wildman–Crippen LogP) is 4.06. The average Bonchev–Trinajstić information content (AvgIpc) is 2.45. The van der Waals surface area contributed by atoms with Crippen LogP contribution < -0.4 is 10.2 Å². The molecule has 2 aromatic rings. The van der Waals surface area contributed by atoms with Crippen molar-refractivity contribution in [1.29, 1.82) is 0 Å². The third-order valence-electron chi connectivity index (χ3n) is 3.38. The maximum atomic E-state index is 12.3. The minimum absolute atomic E-state index is 0.0368. The molecule has 0 unspecified atom stereocenters. The summed E-state index contributed by atoms with van der Waals surface area (Å²) in [6.45, 7) is 5.34. The summed E-state index contributed by atoms with van der Waals surface area (Å²) >= 11 is 3.46. The molecule has 0 saturated heterocycles. The zero-order valence-electron chi connectivity index (χ0n) is 13.4. The Morgan fingerprint density at radius 2 is 1.78 bits per heavy atom. The van der Waals surface area contributed by atoms with Gasteiger partial charge < -0.3 is 10.2 Å². The molecule has 0 heterocycles. The van der Waals surface area contributed by atoms with Gasteiger partial charge in [0, 0.05) is 17.1 Å². The summed E-state index contributed by atoms with van der Waals surface area (Å²) in [5.74, 6) is -0.424. The lowest BCUT2D eigenvalue weighted by Crippen LogP contribution is -2.36. The highest BCUT2D eigenvalue weighted by atomic mass is 79.9. The number of rotatable bonds is 4. The molecule has 0 fully saturated rings. The van der Waals surface area contributed by atoms with E-state index in [0.29, 0.717) is 5.69 Å². The first-order chi connectivity index (χ1) is 10.9. The van der Waals surface area contributed by atoms with Crippen LogP contribution >= 0.6 is 15.9 Å². The lowest BCUT2D eigenvalue weighted by molar-refractivity contribution is -0.120. The van der Waals surface area contributed by atoms with Crippen molar-refractivity contribution in [2.45, 2.75) is 20.8 Å². The fourth-order valence-electron chi connectivity index (χ4n) is 2.26. The van der Waals surface area contributed by atoms with Gasteiger partial charge in [-0.25, -0.2) is 0 Å². The quantitative estimate of drug-likeness (QED) is 0.876. The van der Waals surface area contributed by atoms with Gasteiger partial charge in [0.05, 0.1) is 5.69 Å². The van der Waals surface area contributed by atoms with E-state index in [1.54, 1.807) is 0 Å². The van der Waals surface area contributed by atoms with Crippen molar-refractivity contribution in [1.82, 2.24) is 0 Å². The fourth-order valence-corrected chi connectivity index (χ4v) is 2.97. The Labute approximate surface area is 144 Å². The minimum atomic E-state index is -0.238. The third kappa shape index (κ3) is 4.66. The zero-order chi connectivity index (χ0) is 17.0. The number of amides is 2. The van der Waals surface area contributed by atoms with Gasteiger partial charge in [-0.1, -0.05) is 18.2 Å². The van der Waals surface area contributed by atoms with E-state index in [0.717, 1.165) is 21.3 Å². The van der Waals surface area contributed by atoms with E-state index in [-0.39, 0.29) is 18.4 Å². The van der Waals surface area contributed by atoms with Crippen molar-refractivity contribution in [2.24, 2.45) is 0 Å². The Bertz CT molecular complexity index is 744. The molecule has 0 aliphatic heterocycles. The van der Waals surface area contributed by atoms with Crippen LogP contribution in [0.25, 0.3) is 0 Å². The molecule has 0 aromatic heterocycles. The van der Waals surface area contributed by atoms with Crippen LogP contribution in [-0.4, -0.2) is 18.4 Å². The smallest absolute Gasteiger partial charge is 0.244 e. The number of hydrogen-bond acceptors (Lipinski definition) is 2. The second-order valence-corrected chi connectivity index (χ2v) is 6.33. The van der Waals surface area contributed by atoms with E-state index >= 15 is 0 Å². The van der Waals surface area contributed by atoms with Gasteiger partial charge in [-0.2, -0.15) is 0 Å². The molecule has 2 rings (SSSR count). The van der Waals surface area contributed by atoms with Crippen LogP contribution in [0.5, 0.6) is 0 Å². The standard InChI is InChI=1S/C18H19BrN2O2/c1-12-5-4-6-15(9-12)20-18(23)11-21(14(3)22)17-8-7-13(2)10-16(17)19/h4-10H,11H2,1-3H3,(H,20,23). The summed E-state index contributed by atoms with van der Waals surface area (Å²) in [6, 6.07) is 13.2. The second-order valence-electron chi connectivity index (χ2n) is 5.48. The maximum absolute atomic E-state index is 12.3. The van der Waals surface area contributed by atoms with Gasteiger partial charge in [-0.05, 0) is 65.2 Å². The Morgan fingerprint density at radius 1 is 1.09 bits per heavy atom. The van der Waals surface area contributed by atoms with E-state index in [1.165, 1.54) is 11.8 Å². The normalized spacial score (nSPS) is 10.3. The van der Waals surface area contributed by atoms with Crippen molar-refractivity contribution in [3.63, 3.8) is 0 Å². The molecule has 0 aliphatic carbocycles. The number of aryl methyl sites for hydroxylation is 2. The first-order valence-corrected chi connectivity index (χ1v) is 8.07. The van der Waals surface area contributed by atoms with Crippen molar-refractivity contribution in [3.8, 4) is 0 Å². The van der Waals surface area contributed by atoms with Crippen LogP contribution in [-0.2, 0) is 9.59 Å². The van der Waals surface area contributed by atoms with Gasteiger partial charge in [0.25, 0.3) is 0 Å². The number of benzene rings is 2. The molecule has 0 atom stereocenters. The number of nitrogens with zero attached hydrogens (tertiary/aromatic N) is 1. The van der Waals surface area contributed by atoms with Crippen LogP contribution in [0.3, 0.4) is 0 Å². The topological polar surface area (TPSA) is 49.4 Å². The van der Waals surface area contributed by atoms with Crippen molar-refractivity contribution in [2.75, 3.05) is 16.8 Å². The molecular weight excluding hydrogens is 356 g/mol. The number of halogens is 1. The van der Waals surface area contributed by atoms with Crippen molar-refractivity contribution >= 4 is 39.1 Å². The molecule has 120 valence electrons. The number of hydrogen-bond donors (Lipinski definition) is 1. The molecule has 0 saturated carbocycles. The summed E-state index contributed by atoms with van der Waals surface area (Å²) in [5.41, 5.74) is 3.55. The van der Waals surface area contributed by atoms with Gasteiger partial charge in [-0.3, -0.25) is 9.59 Å². The monoisotopic (exact) mass is 374 g/mol. The summed E-state index contributed by atoms with van der Waals surface area (Å²) in [4.78, 5) is 25.7. The molecule has 23 heavy (non-hydrogen) atoms.